The maximum Gasteiger partial charge on any atom is 0.261 e. The fourth-order valence-electron chi connectivity index (χ4n) is 1.52. The summed E-state index contributed by atoms with van der Waals surface area (Å²) in [6.07, 6.45) is 2.71. The molecule has 3 heteroatoms. The van der Waals surface area contributed by atoms with Crippen molar-refractivity contribution in [1.82, 2.24) is 0 Å². The molecule has 0 radical (unpaired) electrons. The van der Waals surface area contributed by atoms with E-state index < -0.39 is 13.0 Å². The first-order valence-corrected chi connectivity index (χ1v) is 5.99. The average Bonchev–Trinajstić information content (AvgIpc) is 2.21. The summed E-state index contributed by atoms with van der Waals surface area (Å²) in [5.41, 5.74) is 0. The third kappa shape index (κ3) is 8.79. The van der Waals surface area contributed by atoms with Gasteiger partial charge in [0.2, 0.25) is 0 Å². The average molecular weight is 222 g/mol. The molecule has 2 unspecified atom stereocenters. The minimum atomic E-state index is -2.34. The lowest BCUT2D eigenvalue weighted by Crippen LogP contribution is -2.18. The van der Waals surface area contributed by atoms with Gasteiger partial charge < -0.3 is 4.74 Å². The highest BCUT2D eigenvalue weighted by Gasteiger charge is 2.12. The molecule has 0 aliphatic carbocycles. The molecule has 0 aromatic heterocycles. The van der Waals surface area contributed by atoms with Crippen LogP contribution in [-0.4, -0.2) is 19.1 Å². The molecule has 0 saturated heterocycles. The first kappa shape index (κ1) is 14.8. The molecule has 1 nitrogen and oxygen atoms in total. The summed E-state index contributed by atoms with van der Waals surface area (Å²) >= 11 is 0. The van der Waals surface area contributed by atoms with Crippen LogP contribution in [0.15, 0.2) is 0 Å². The quantitative estimate of drug-likeness (QED) is 0.566. The van der Waals surface area contributed by atoms with Crippen molar-refractivity contribution in [2.45, 2.75) is 65.4 Å². The standard InChI is InChI=1S/C12H24F2O/c1-4-6-11(15-9-12(13)14)8-7-10(3)5-2/h10-12H,4-9H2,1-3H3. The Balaban J connectivity index is 3.72. The van der Waals surface area contributed by atoms with E-state index in [1.165, 1.54) is 0 Å². The van der Waals surface area contributed by atoms with E-state index >= 15 is 0 Å². The van der Waals surface area contributed by atoms with Gasteiger partial charge in [0.05, 0.1) is 6.10 Å². The number of ether oxygens (including phenoxy) is 1. The third-order valence-corrected chi connectivity index (χ3v) is 2.75. The van der Waals surface area contributed by atoms with Gasteiger partial charge in [-0.1, -0.05) is 33.6 Å². The van der Waals surface area contributed by atoms with E-state index in [1.54, 1.807) is 0 Å². The molecule has 0 fully saturated rings. The van der Waals surface area contributed by atoms with Crippen LogP contribution in [0.25, 0.3) is 0 Å². The second-order valence-electron chi connectivity index (χ2n) is 4.23. The normalized spacial score (nSPS) is 15.6. The smallest absolute Gasteiger partial charge is 0.261 e. The number of rotatable bonds is 9. The van der Waals surface area contributed by atoms with Gasteiger partial charge in [0.15, 0.2) is 0 Å². The Labute approximate surface area is 92.2 Å². The van der Waals surface area contributed by atoms with Crippen molar-refractivity contribution in [3.05, 3.63) is 0 Å². The lowest BCUT2D eigenvalue weighted by atomic mass is 9.99. The van der Waals surface area contributed by atoms with Crippen LogP contribution in [-0.2, 0) is 4.74 Å². The van der Waals surface area contributed by atoms with Gasteiger partial charge in [-0.25, -0.2) is 8.78 Å². The fourth-order valence-corrected chi connectivity index (χ4v) is 1.52. The van der Waals surface area contributed by atoms with Crippen LogP contribution in [0.2, 0.25) is 0 Å². The molecule has 0 rings (SSSR count). The van der Waals surface area contributed by atoms with Crippen molar-refractivity contribution in [3.63, 3.8) is 0 Å². The zero-order valence-corrected chi connectivity index (χ0v) is 10.1. The molecule has 0 bridgehead atoms. The van der Waals surface area contributed by atoms with Crippen molar-refractivity contribution >= 4 is 0 Å². The van der Waals surface area contributed by atoms with Gasteiger partial charge in [-0.2, -0.15) is 0 Å². The van der Waals surface area contributed by atoms with Crippen LogP contribution < -0.4 is 0 Å². The van der Waals surface area contributed by atoms with E-state index in [9.17, 15) is 8.78 Å². The summed E-state index contributed by atoms with van der Waals surface area (Å²) in [7, 11) is 0. The maximum atomic E-state index is 12.0. The van der Waals surface area contributed by atoms with Crippen molar-refractivity contribution in [3.8, 4) is 0 Å². The Bertz CT molecular complexity index is 140. The lowest BCUT2D eigenvalue weighted by Gasteiger charge is -2.18. The molecule has 0 amide bonds. The van der Waals surface area contributed by atoms with Crippen LogP contribution >= 0.6 is 0 Å². The predicted molar refractivity (Wildman–Crippen MR) is 59.3 cm³/mol. The summed E-state index contributed by atoms with van der Waals surface area (Å²) in [6.45, 7) is 5.99. The van der Waals surface area contributed by atoms with E-state index in [0.29, 0.717) is 5.92 Å². The zero-order valence-electron chi connectivity index (χ0n) is 10.1. The van der Waals surface area contributed by atoms with Crippen LogP contribution in [0.1, 0.15) is 52.9 Å². The molecule has 0 aliphatic rings. The second kappa shape index (κ2) is 9.08. The van der Waals surface area contributed by atoms with Gasteiger partial charge >= 0.3 is 0 Å². The van der Waals surface area contributed by atoms with Crippen LogP contribution in [0.4, 0.5) is 8.78 Å². The highest BCUT2D eigenvalue weighted by molar-refractivity contribution is 4.61. The molecule has 0 aromatic rings. The van der Waals surface area contributed by atoms with Gasteiger partial charge in [-0.05, 0) is 25.2 Å². The maximum absolute atomic E-state index is 12.0. The number of alkyl halides is 2. The van der Waals surface area contributed by atoms with Crippen LogP contribution in [0.5, 0.6) is 0 Å². The first-order chi connectivity index (χ1) is 7.10. The summed E-state index contributed by atoms with van der Waals surface area (Å²) in [6, 6.07) is 0. The Morgan fingerprint density at radius 1 is 1.07 bits per heavy atom. The molecule has 0 aromatic carbocycles. The predicted octanol–water partition coefficient (Wildman–Crippen LogP) is 4.26. The third-order valence-electron chi connectivity index (χ3n) is 2.75. The Morgan fingerprint density at radius 3 is 2.20 bits per heavy atom. The molecule has 0 aliphatic heterocycles. The fraction of sp³-hybridized carbons (Fsp3) is 1.00. The molecule has 0 N–H and O–H groups in total. The summed E-state index contributed by atoms with van der Waals surface area (Å²) in [5.74, 6) is 0.666. The molecule has 92 valence electrons. The molecular weight excluding hydrogens is 198 g/mol. The molecule has 0 spiro atoms. The van der Waals surface area contributed by atoms with E-state index in [0.717, 1.165) is 32.1 Å². The van der Waals surface area contributed by atoms with Crippen molar-refractivity contribution in [2.24, 2.45) is 5.92 Å². The van der Waals surface area contributed by atoms with E-state index in [4.69, 9.17) is 4.74 Å². The summed E-state index contributed by atoms with van der Waals surface area (Å²) in [4.78, 5) is 0. The number of halogens is 2. The highest BCUT2D eigenvalue weighted by atomic mass is 19.3. The second-order valence-corrected chi connectivity index (χ2v) is 4.23. The van der Waals surface area contributed by atoms with Gasteiger partial charge in [0.25, 0.3) is 6.43 Å². The van der Waals surface area contributed by atoms with Crippen LogP contribution in [0.3, 0.4) is 0 Å². The van der Waals surface area contributed by atoms with E-state index in [2.05, 4.69) is 20.8 Å². The number of hydrogen-bond acceptors (Lipinski definition) is 1. The minimum Gasteiger partial charge on any atom is -0.372 e. The topological polar surface area (TPSA) is 9.23 Å². The van der Waals surface area contributed by atoms with Crippen molar-refractivity contribution in [2.75, 3.05) is 6.61 Å². The first-order valence-electron chi connectivity index (χ1n) is 5.99. The van der Waals surface area contributed by atoms with Gasteiger partial charge in [0.1, 0.15) is 6.61 Å². The molecular formula is C12H24F2O. The number of hydrogen-bond donors (Lipinski definition) is 0. The van der Waals surface area contributed by atoms with E-state index in [-0.39, 0.29) is 6.10 Å². The molecule has 2 atom stereocenters. The summed E-state index contributed by atoms with van der Waals surface area (Å²) in [5, 5.41) is 0. The largest absolute Gasteiger partial charge is 0.372 e. The lowest BCUT2D eigenvalue weighted by molar-refractivity contribution is -0.0318. The highest BCUT2D eigenvalue weighted by Crippen LogP contribution is 2.16. The minimum absolute atomic E-state index is 0.0259. The van der Waals surface area contributed by atoms with Gasteiger partial charge in [-0.3, -0.25) is 0 Å². The van der Waals surface area contributed by atoms with Gasteiger partial charge in [-0.15, -0.1) is 0 Å². The Kier molecular flexibility index (Phi) is 8.97. The summed E-state index contributed by atoms with van der Waals surface area (Å²) < 4.78 is 29.1. The van der Waals surface area contributed by atoms with E-state index in [1.807, 2.05) is 0 Å². The monoisotopic (exact) mass is 222 g/mol. The van der Waals surface area contributed by atoms with Crippen molar-refractivity contribution in [1.29, 1.82) is 0 Å². The molecule has 15 heavy (non-hydrogen) atoms. The van der Waals surface area contributed by atoms with Crippen molar-refractivity contribution < 1.29 is 13.5 Å². The Morgan fingerprint density at radius 2 is 1.73 bits per heavy atom. The zero-order chi connectivity index (χ0) is 11.7. The Hall–Kier alpha value is -0.180. The molecule has 0 saturated carbocycles. The SMILES string of the molecule is CCCC(CCC(C)CC)OCC(F)F. The molecule has 0 heterocycles. The van der Waals surface area contributed by atoms with Crippen LogP contribution in [0, 0.1) is 5.92 Å². The van der Waals surface area contributed by atoms with Gasteiger partial charge in [0, 0.05) is 0 Å².